The van der Waals surface area contributed by atoms with Crippen LogP contribution in [0.5, 0.6) is 6.01 Å². The Morgan fingerprint density at radius 2 is 2.58 bits per heavy atom. The van der Waals surface area contributed by atoms with Crippen molar-refractivity contribution in [1.29, 1.82) is 0 Å². The van der Waals surface area contributed by atoms with Gasteiger partial charge in [0.05, 0.1) is 12.6 Å². The Hall–Kier alpha value is -1.52. The van der Waals surface area contributed by atoms with Crippen molar-refractivity contribution in [3.05, 3.63) is 12.4 Å². The molecule has 0 bridgehead atoms. The molecule has 1 rings (SSSR count). The predicted octanol–water partition coefficient (Wildman–Crippen LogP) is -1.55. The molecule has 0 unspecified atom stereocenters. The highest BCUT2D eigenvalue weighted by atomic mass is 16.5. The molecule has 0 radical (unpaired) electrons. The molecule has 1 heterocycles. The van der Waals surface area contributed by atoms with Gasteiger partial charge in [0.25, 0.3) is 0 Å². The van der Waals surface area contributed by atoms with Gasteiger partial charge in [-0.25, -0.2) is 4.98 Å². The number of carboxylic acids is 1. The third-order valence-electron chi connectivity index (χ3n) is 1.30. The van der Waals surface area contributed by atoms with Gasteiger partial charge in [0.2, 0.25) is 0 Å². The molecule has 12 heavy (non-hydrogen) atoms. The van der Waals surface area contributed by atoms with Crippen molar-refractivity contribution in [3.8, 4) is 6.01 Å². The number of ether oxygens (including phenoxy) is 1. The van der Waals surface area contributed by atoms with Crippen molar-refractivity contribution in [2.24, 2.45) is 0 Å². The van der Waals surface area contributed by atoms with Gasteiger partial charge in [-0.3, -0.25) is 0 Å². The summed E-state index contributed by atoms with van der Waals surface area (Å²) in [4.78, 5) is 13.0. The first-order valence-corrected chi connectivity index (χ1v) is 3.63. The molecule has 1 aromatic rings. The number of nitrogens with zero attached hydrogens (tertiary/aromatic N) is 1. The van der Waals surface area contributed by atoms with E-state index >= 15 is 0 Å². The minimum atomic E-state index is -1.14. The van der Waals surface area contributed by atoms with Crippen LogP contribution in [0.15, 0.2) is 12.4 Å². The highest BCUT2D eigenvalue weighted by Crippen LogP contribution is 1.95. The monoisotopic (exact) mass is 170 g/mol. The topological polar surface area (TPSA) is 69.0 Å². The predicted molar refractivity (Wildman–Crippen MR) is 37.2 cm³/mol. The summed E-state index contributed by atoms with van der Waals surface area (Å²) in [5.41, 5.74) is 0. The first-order valence-electron chi connectivity index (χ1n) is 3.63. The molecule has 0 aliphatic carbocycles. The van der Waals surface area contributed by atoms with E-state index in [1.165, 1.54) is 4.57 Å². The summed E-state index contributed by atoms with van der Waals surface area (Å²) in [6, 6.07) is 0.432. The molecule has 5 nitrogen and oxygen atoms in total. The molecule has 5 heteroatoms. The lowest BCUT2D eigenvalue weighted by Gasteiger charge is -2.00. The third kappa shape index (κ3) is 1.98. The number of aliphatic carboxylic acids is 1. The summed E-state index contributed by atoms with van der Waals surface area (Å²) in [5.74, 6) is -1.14. The second kappa shape index (κ2) is 3.75. The lowest BCUT2D eigenvalue weighted by molar-refractivity contribution is -0.694. The van der Waals surface area contributed by atoms with Crippen molar-refractivity contribution in [1.82, 2.24) is 4.98 Å². The lowest BCUT2D eigenvalue weighted by atomic mass is 10.6. The number of hydrogen-bond donors (Lipinski definition) is 1. The Labute approximate surface area is 69.6 Å². The minimum Gasteiger partial charge on any atom is -0.546 e. The molecule has 0 fully saturated rings. The molecule has 1 aromatic heterocycles. The summed E-state index contributed by atoms with van der Waals surface area (Å²) in [5, 5.41) is 10.2. The van der Waals surface area contributed by atoms with Crippen LogP contribution in [0, 0.1) is 0 Å². The third-order valence-corrected chi connectivity index (χ3v) is 1.30. The smallest absolute Gasteiger partial charge is 0.454 e. The van der Waals surface area contributed by atoms with Gasteiger partial charge in [-0.15, -0.1) is 0 Å². The zero-order valence-electron chi connectivity index (χ0n) is 6.74. The summed E-state index contributed by atoms with van der Waals surface area (Å²) in [7, 11) is 0. The molecular weight excluding hydrogens is 160 g/mol. The lowest BCUT2D eigenvalue weighted by Crippen LogP contribution is -2.43. The van der Waals surface area contributed by atoms with Crippen LogP contribution in [0.4, 0.5) is 0 Å². The molecular formula is C7H10N2O3. The molecule has 0 aliphatic rings. The van der Waals surface area contributed by atoms with Crippen LogP contribution in [0.25, 0.3) is 0 Å². The van der Waals surface area contributed by atoms with E-state index in [0.717, 1.165) is 0 Å². The van der Waals surface area contributed by atoms with Crippen LogP contribution in [0.2, 0.25) is 0 Å². The molecule has 66 valence electrons. The van der Waals surface area contributed by atoms with Gasteiger partial charge >= 0.3 is 6.01 Å². The average molecular weight is 170 g/mol. The number of aromatic nitrogens is 2. The molecule has 0 spiro atoms. The summed E-state index contributed by atoms with van der Waals surface area (Å²) in [6.07, 6.45) is 3.19. The van der Waals surface area contributed by atoms with Crippen LogP contribution < -0.4 is 14.4 Å². The average Bonchev–Trinajstić information content (AvgIpc) is 2.37. The van der Waals surface area contributed by atoms with Gasteiger partial charge in [0, 0.05) is 0 Å². The highest BCUT2D eigenvalue weighted by Gasteiger charge is 2.10. The van der Waals surface area contributed by atoms with Crippen LogP contribution in [-0.2, 0) is 11.3 Å². The van der Waals surface area contributed by atoms with E-state index < -0.39 is 5.97 Å². The Morgan fingerprint density at radius 1 is 1.83 bits per heavy atom. The molecule has 1 N–H and O–H groups in total. The normalized spacial score (nSPS) is 9.75. The highest BCUT2D eigenvalue weighted by molar-refractivity contribution is 5.62. The first kappa shape index (κ1) is 8.58. The molecule has 0 amide bonds. The van der Waals surface area contributed by atoms with Crippen molar-refractivity contribution in [2.45, 2.75) is 13.5 Å². The maximum atomic E-state index is 10.2. The van der Waals surface area contributed by atoms with E-state index in [1.807, 2.05) is 6.92 Å². The molecule has 0 saturated carbocycles. The Morgan fingerprint density at radius 3 is 3.17 bits per heavy atom. The number of H-pyrrole nitrogens is 1. The molecule has 0 aromatic carbocycles. The Balaban J connectivity index is 2.69. The quantitative estimate of drug-likeness (QED) is 0.556. The van der Waals surface area contributed by atoms with E-state index in [9.17, 15) is 9.90 Å². The molecule has 0 aliphatic heterocycles. The fourth-order valence-corrected chi connectivity index (χ4v) is 0.874. The fraction of sp³-hybridized carbons (Fsp3) is 0.429. The van der Waals surface area contributed by atoms with Gasteiger partial charge in [-0.05, 0) is 6.92 Å². The Bertz CT molecular complexity index is 269. The van der Waals surface area contributed by atoms with E-state index in [0.29, 0.717) is 12.6 Å². The van der Waals surface area contributed by atoms with Crippen LogP contribution in [0.3, 0.4) is 0 Å². The van der Waals surface area contributed by atoms with E-state index in [2.05, 4.69) is 4.98 Å². The van der Waals surface area contributed by atoms with Gasteiger partial charge < -0.3 is 14.6 Å². The van der Waals surface area contributed by atoms with Crippen LogP contribution in [-0.4, -0.2) is 17.6 Å². The number of rotatable bonds is 4. The zero-order valence-corrected chi connectivity index (χ0v) is 6.74. The van der Waals surface area contributed by atoms with Crippen LogP contribution >= 0.6 is 0 Å². The number of carbonyl (C=O) groups excluding carboxylic acids is 1. The standard InChI is InChI=1S/C7H10N2O3/c1-2-12-7-8-3-4-9(7)5-6(10)11/h3-4H,2,5H2,1H3,(H,10,11). The number of carboxylic acid groups (broad SMARTS) is 1. The van der Waals surface area contributed by atoms with Crippen LogP contribution in [0.1, 0.15) is 6.92 Å². The number of imidazole rings is 1. The van der Waals surface area contributed by atoms with E-state index in [-0.39, 0.29) is 6.54 Å². The van der Waals surface area contributed by atoms with E-state index in [4.69, 9.17) is 4.74 Å². The molecule has 0 atom stereocenters. The second-order valence-electron chi connectivity index (χ2n) is 2.20. The van der Waals surface area contributed by atoms with Crippen molar-refractivity contribution >= 4 is 5.97 Å². The minimum absolute atomic E-state index is 0.196. The largest absolute Gasteiger partial charge is 0.546 e. The first-order chi connectivity index (χ1) is 5.74. The number of nitrogens with one attached hydrogen (secondary N) is 1. The number of hydrogen-bond acceptors (Lipinski definition) is 3. The maximum Gasteiger partial charge on any atom is 0.454 e. The SMILES string of the molecule is CCOc1[nH]cc[n+]1CC(=O)[O-]. The van der Waals surface area contributed by atoms with Gasteiger partial charge in [0.1, 0.15) is 18.9 Å². The summed E-state index contributed by atoms with van der Waals surface area (Å²) < 4.78 is 6.52. The van der Waals surface area contributed by atoms with Gasteiger partial charge in [-0.2, -0.15) is 4.57 Å². The van der Waals surface area contributed by atoms with E-state index in [1.54, 1.807) is 12.4 Å². The van der Waals surface area contributed by atoms with Crippen molar-refractivity contribution < 1.29 is 19.2 Å². The summed E-state index contributed by atoms with van der Waals surface area (Å²) >= 11 is 0. The second-order valence-corrected chi connectivity index (χ2v) is 2.20. The zero-order chi connectivity index (χ0) is 8.97. The maximum absolute atomic E-state index is 10.2. The molecule has 0 saturated heterocycles. The number of carbonyl (C=O) groups is 1. The Kier molecular flexibility index (Phi) is 2.68. The summed E-state index contributed by atoms with van der Waals surface area (Å²) in [6.45, 7) is 2.12. The van der Waals surface area contributed by atoms with Crippen molar-refractivity contribution in [2.75, 3.05) is 6.61 Å². The number of aromatic amines is 1. The van der Waals surface area contributed by atoms with Gasteiger partial charge in [0.15, 0.2) is 0 Å². The van der Waals surface area contributed by atoms with Gasteiger partial charge in [-0.1, -0.05) is 0 Å². The van der Waals surface area contributed by atoms with Crippen molar-refractivity contribution in [3.63, 3.8) is 0 Å². The fourth-order valence-electron chi connectivity index (χ4n) is 0.874.